The number of benzene rings is 1. The van der Waals surface area contributed by atoms with Crippen molar-refractivity contribution in [3.63, 3.8) is 0 Å². The summed E-state index contributed by atoms with van der Waals surface area (Å²) in [5.74, 6) is -1.28. The van der Waals surface area contributed by atoms with Crippen LogP contribution in [0.4, 0.5) is 0 Å². The highest BCUT2D eigenvalue weighted by Crippen LogP contribution is 2.29. The topological polar surface area (TPSA) is 79.3 Å². The Morgan fingerprint density at radius 1 is 1.25 bits per heavy atom. The van der Waals surface area contributed by atoms with Crippen LogP contribution in [0.15, 0.2) is 29.6 Å². The van der Waals surface area contributed by atoms with Crippen molar-refractivity contribution in [2.45, 2.75) is 44.6 Å². The molecule has 1 aliphatic carbocycles. The Kier molecular flexibility index (Phi) is 4.66. The lowest BCUT2D eigenvalue weighted by Crippen LogP contribution is -2.55. The van der Waals surface area contributed by atoms with E-state index in [9.17, 15) is 14.7 Å². The predicted molar refractivity (Wildman–Crippen MR) is 93.2 cm³/mol. The molecule has 1 heterocycles. The summed E-state index contributed by atoms with van der Waals surface area (Å²) < 4.78 is 0. The number of hydrogen-bond acceptors (Lipinski definition) is 4. The molecule has 0 unspecified atom stereocenters. The lowest BCUT2D eigenvalue weighted by Gasteiger charge is -2.34. The molecule has 24 heavy (non-hydrogen) atoms. The normalized spacial score (nSPS) is 16.5. The van der Waals surface area contributed by atoms with E-state index in [1.54, 1.807) is 18.2 Å². The van der Waals surface area contributed by atoms with Gasteiger partial charge in [0.15, 0.2) is 0 Å². The van der Waals surface area contributed by atoms with Crippen molar-refractivity contribution in [3.8, 4) is 10.6 Å². The molecule has 2 aromatic rings. The van der Waals surface area contributed by atoms with Crippen molar-refractivity contribution in [2.24, 2.45) is 0 Å². The van der Waals surface area contributed by atoms with Gasteiger partial charge in [-0.25, -0.2) is 9.78 Å². The largest absolute Gasteiger partial charge is 0.480 e. The minimum atomic E-state index is -1.14. The third-order valence-corrected chi connectivity index (χ3v) is 5.47. The van der Waals surface area contributed by atoms with Gasteiger partial charge in [-0.3, -0.25) is 4.79 Å². The number of rotatable bonds is 4. The van der Waals surface area contributed by atoms with E-state index < -0.39 is 11.5 Å². The molecule has 0 saturated heterocycles. The maximum absolute atomic E-state index is 12.6. The van der Waals surface area contributed by atoms with E-state index >= 15 is 0 Å². The lowest BCUT2D eigenvalue weighted by molar-refractivity contribution is -0.145. The van der Waals surface area contributed by atoms with Gasteiger partial charge in [-0.15, -0.1) is 11.3 Å². The number of aryl methyl sites for hydroxylation is 1. The lowest BCUT2D eigenvalue weighted by atomic mass is 9.81. The number of amides is 1. The Morgan fingerprint density at radius 2 is 2.00 bits per heavy atom. The molecule has 5 nitrogen and oxygen atoms in total. The number of carboxylic acids is 1. The maximum atomic E-state index is 12.6. The molecule has 126 valence electrons. The summed E-state index contributed by atoms with van der Waals surface area (Å²) in [7, 11) is 0. The molecule has 2 N–H and O–H groups in total. The van der Waals surface area contributed by atoms with Crippen molar-refractivity contribution in [2.75, 3.05) is 0 Å². The van der Waals surface area contributed by atoms with E-state index in [1.807, 2.05) is 18.4 Å². The molecule has 0 radical (unpaired) electrons. The van der Waals surface area contributed by atoms with E-state index in [4.69, 9.17) is 0 Å². The van der Waals surface area contributed by atoms with Gasteiger partial charge in [-0.1, -0.05) is 31.4 Å². The van der Waals surface area contributed by atoms with Gasteiger partial charge in [0.25, 0.3) is 5.91 Å². The molecule has 6 heteroatoms. The van der Waals surface area contributed by atoms with Crippen LogP contribution in [-0.4, -0.2) is 27.5 Å². The van der Waals surface area contributed by atoms with Gasteiger partial charge < -0.3 is 10.4 Å². The van der Waals surface area contributed by atoms with Crippen LogP contribution in [-0.2, 0) is 4.79 Å². The fourth-order valence-electron chi connectivity index (χ4n) is 3.12. The summed E-state index contributed by atoms with van der Waals surface area (Å²) in [6.07, 6.45) is 3.64. The Balaban J connectivity index is 1.83. The Bertz CT molecular complexity index is 763. The van der Waals surface area contributed by atoms with E-state index in [1.165, 1.54) is 11.3 Å². The molecule has 0 atom stereocenters. The van der Waals surface area contributed by atoms with Crippen molar-refractivity contribution in [3.05, 3.63) is 40.9 Å². The summed E-state index contributed by atoms with van der Waals surface area (Å²) in [5, 5.41) is 15.2. The average molecular weight is 344 g/mol. The summed E-state index contributed by atoms with van der Waals surface area (Å²) in [4.78, 5) is 28.8. The summed E-state index contributed by atoms with van der Waals surface area (Å²) >= 11 is 1.53. The highest BCUT2D eigenvalue weighted by molar-refractivity contribution is 7.13. The van der Waals surface area contributed by atoms with Crippen LogP contribution < -0.4 is 5.32 Å². The monoisotopic (exact) mass is 344 g/mol. The van der Waals surface area contributed by atoms with Gasteiger partial charge in [0.1, 0.15) is 10.5 Å². The quantitative estimate of drug-likeness (QED) is 0.887. The first-order chi connectivity index (χ1) is 11.5. The fraction of sp³-hybridized carbons (Fsp3) is 0.389. The zero-order valence-electron chi connectivity index (χ0n) is 13.5. The van der Waals surface area contributed by atoms with Crippen LogP contribution in [0, 0.1) is 6.92 Å². The summed E-state index contributed by atoms with van der Waals surface area (Å²) in [6, 6.07) is 7.18. The smallest absolute Gasteiger partial charge is 0.329 e. The number of nitrogens with zero attached hydrogens (tertiary/aromatic N) is 1. The molecule has 1 aliphatic rings. The van der Waals surface area contributed by atoms with Crippen LogP contribution in [0.25, 0.3) is 10.6 Å². The third-order valence-electron chi connectivity index (χ3n) is 4.46. The number of hydrogen-bond donors (Lipinski definition) is 2. The first kappa shape index (κ1) is 16.6. The minimum Gasteiger partial charge on any atom is -0.480 e. The molecule has 1 aromatic heterocycles. The van der Waals surface area contributed by atoms with Crippen molar-refractivity contribution in [1.29, 1.82) is 0 Å². The molecule has 1 aromatic carbocycles. The molecule has 1 fully saturated rings. The molecular weight excluding hydrogens is 324 g/mol. The molecular formula is C18H20N2O3S. The van der Waals surface area contributed by atoms with Crippen molar-refractivity contribution < 1.29 is 14.7 Å². The van der Waals surface area contributed by atoms with Crippen LogP contribution in [0.2, 0.25) is 0 Å². The molecule has 0 aliphatic heterocycles. The Hall–Kier alpha value is -2.21. The number of aliphatic carboxylic acids is 1. The number of aromatic nitrogens is 1. The fourth-order valence-corrected chi connectivity index (χ4v) is 3.91. The zero-order chi connectivity index (χ0) is 17.2. The average Bonchev–Trinajstić information content (AvgIpc) is 3.02. The zero-order valence-corrected chi connectivity index (χ0v) is 14.4. The molecule has 1 amide bonds. The van der Waals surface area contributed by atoms with E-state index in [2.05, 4.69) is 10.3 Å². The SMILES string of the molecule is Cc1csc(-c2cccc(C(=O)NC3(C(=O)O)CCCCC3)c2)n1. The van der Waals surface area contributed by atoms with Crippen LogP contribution in [0.1, 0.15) is 48.2 Å². The summed E-state index contributed by atoms with van der Waals surface area (Å²) in [5.41, 5.74) is 1.14. The van der Waals surface area contributed by atoms with Crippen LogP contribution in [0.5, 0.6) is 0 Å². The Morgan fingerprint density at radius 3 is 2.62 bits per heavy atom. The van der Waals surface area contributed by atoms with Gasteiger partial charge in [0.05, 0.1) is 0 Å². The van der Waals surface area contributed by atoms with Gasteiger partial charge in [-0.05, 0) is 31.9 Å². The van der Waals surface area contributed by atoms with Crippen molar-refractivity contribution >= 4 is 23.2 Å². The van der Waals surface area contributed by atoms with E-state index in [-0.39, 0.29) is 5.91 Å². The Labute approximate surface area is 144 Å². The van der Waals surface area contributed by atoms with E-state index in [0.717, 1.165) is 35.5 Å². The highest BCUT2D eigenvalue weighted by atomic mass is 32.1. The number of nitrogens with one attached hydrogen (secondary N) is 1. The molecule has 3 rings (SSSR count). The first-order valence-electron chi connectivity index (χ1n) is 8.09. The second-order valence-electron chi connectivity index (χ2n) is 6.28. The summed E-state index contributed by atoms with van der Waals surface area (Å²) in [6.45, 7) is 1.93. The molecule has 0 spiro atoms. The van der Waals surface area contributed by atoms with Crippen LogP contribution >= 0.6 is 11.3 Å². The van der Waals surface area contributed by atoms with E-state index in [0.29, 0.717) is 18.4 Å². The van der Waals surface area contributed by atoms with Gasteiger partial charge in [0, 0.05) is 22.2 Å². The third kappa shape index (κ3) is 3.33. The maximum Gasteiger partial charge on any atom is 0.329 e. The van der Waals surface area contributed by atoms with Gasteiger partial charge in [0.2, 0.25) is 0 Å². The number of carboxylic acid groups (broad SMARTS) is 1. The highest BCUT2D eigenvalue weighted by Gasteiger charge is 2.41. The van der Waals surface area contributed by atoms with Crippen LogP contribution in [0.3, 0.4) is 0 Å². The van der Waals surface area contributed by atoms with Crippen molar-refractivity contribution in [1.82, 2.24) is 10.3 Å². The number of thiazole rings is 1. The van der Waals surface area contributed by atoms with Gasteiger partial charge >= 0.3 is 5.97 Å². The minimum absolute atomic E-state index is 0.338. The first-order valence-corrected chi connectivity index (χ1v) is 8.97. The standard InChI is InChI=1S/C18H20N2O3S/c1-12-11-24-16(19-12)14-7-5-6-13(10-14)15(21)20-18(17(22)23)8-3-2-4-9-18/h5-7,10-11H,2-4,8-9H2,1H3,(H,20,21)(H,22,23). The molecule has 0 bridgehead atoms. The predicted octanol–water partition coefficient (Wildman–Crippen LogP) is 3.64. The second-order valence-corrected chi connectivity index (χ2v) is 7.13. The van der Waals surface area contributed by atoms with Gasteiger partial charge in [-0.2, -0.15) is 0 Å². The second kappa shape index (κ2) is 6.73. The molecule has 1 saturated carbocycles. The number of carbonyl (C=O) groups is 2. The number of carbonyl (C=O) groups excluding carboxylic acids is 1.